The predicted molar refractivity (Wildman–Crippen MR) is 79.4 cm³/mol. The molecular formula is C15H16N2O4. The van der Waals surface area contributed by atoms with E-state index in [9.17, 15) is 15.0 Å². The van der Waals surface area contributed by atoms with Gasteiger partial charge >= 0.3 is 0 Å². The molecule has 2 aromatic carbocycles. The van der Waals surface area contributed by atoms with Crippen LogP contribution in [0.2, 0.25) is 0 Å². The van der Waals surface area contributed by atoms with Crippen molar-refractivity contribution in [3.8, 4) is 11.5 Å². The van der Waals surface area contributed by atoms with Crippen LogP contribution in [0.4, 0.5) is 11.4 Å². The average Bonchev–Trinajstić information content (AvgIpc) is 2.45. The van der Waals surface area contributed by atoms with E-state index in [1.807, 2.05) is 0 Å². The van der Waals surface area contributed by atoms with Crippen LogP contribution in [0.25, 0.3) is 0 Å². The Hall–Kier alpha value is -2.73. The van der Waals surface area contributed by atoms with Crippen LogP contribution in [0, 0.1) is 0 Å². The number of nitrogens with two attached hydrogens (primary N) is 1. The van der Waals surface area contributed by atoms with E-state index in [0.29, 0.717) is 11.4 Å². The third kappa shape index (κ3) is 2.90. The van der Waals surface area contributed by atoms with Crippen LogP contribution in [0.3, 0.4) is 0 Å². The number of carbonyl (C=O) groups is 1. The minimum absolute atomic E-state index is 0.0131. The van der Waals surface area contributed by atoms with Crippen molar-refractivity contribution < 1.29 is 20.1 Å². The van der Waals surface area contributed by atoms with Crippen molar-refractivity contribution in [2.75, 3.05) is 23.8 Å². The monoisotopic (exact) mass is 288 g/mol. The molecule has 1 amide bonds. The Morgan fingerprint density at radius 1 is 1.05 bits per heavy atom. The molecule has 0 unspecified atom stereocenters. The van der Waals surface area contributed by atoms with E-state index in [-0.39, 0.29) is 30.2 Å². The molecule has 0 fully saturated rings. The highest BCUT2D eigenvalue weighted by molar-refractivity contribution is 6.10. The predicted octanol–water partition coefficient (Wildman–Crippen LogP) is 1.32. The second kappa shape index (κ2) is 6.15. The minimum atomic E-state index is -0.641. The van der Waals surface area contributed by atoms with Crippen LogP contribution < -0.4 is 10.6 Å². The maximum atomic E-state index is 12.6. The third-order valence-electron chi connectivity index (χ3n) is 3.03. The average molecular weight is 288 g/mol. The van der Waals surface area contributed by atoms with Gasteiger partial charge in [-0.25, -0.2) is 0 Å². The van der Waals surface area contributed by atoms with Gasteiger partial charge in [0.2, 0.25) is 0 Å². The lowest BCUT2D eigenvalue weighted by Gasteiger charge is -2.24. The molecule has 0 saturated heterocycles. The highest BCUT2D eigenvalue weighted by Gasteiger charge is 2.24. The fourth-order valence-electron chi connectivity index (χ4n) is 2.05. The fourth-order valence-corrected chi connectivity index (χ4v) is 2.05. The van der Waals surface area contributed by atoms with Crippen molar-refractivity contribution in [3.05, 3.63) is 48.0 Å². The molecule has 0 atom stereocenters. The molecule has 0 aliphatic carbocycles. The van der Waals surface area contributed by atoms with Gasteiger partial charge in [0.05, 0.1) is 18.0 Å². The van der Waals surface area contributed by atoms with E-state index in [2.05, 4.69) is 0 Å². The van der Waals surface area contributed by atoms with E-state index >= 15 is 0 Å². The highest BCUT2D eigenvalue weighted by atomic mass is 16.3. The molecule has 0 aliphatic heterocycles. The number of rotatable bonds is 4. The standard InChI is InChI=1S/C15H16N2O4/c16-10-4-1-2-5-11(10)17(8-9-18)15(21)14-12(19)6-3-7-13(14)20/h1-7,18-20H,8-9,16H2. The molecular weight excluding hydrogens is 272 g/mol. The Kier molecular flexibility index (Phi) is 4.30. The number of aromatic hydroxyl groups is 2. The lowest BCUT2D eigenvalue weighted by Crippen LogP contribution is -2.34. The highest BCUT2D eigenvalue weighted by Crippen LogP contribution is 2.31. The fraction of sp³-hybridized carbons (Fsp3) is 0.133. The van der Waals surface area contributed by atoms with Crippen LogP contribution in [0.1, 0.15) is 10.4 Å². The molecule has 0 aromatic heterocycles. The summed E-state index contributed by atoms with van der Waals surface area (Å²) in [7, 11) is 0. The first kappa shape index (κ1) is 14.7. The lowest BCUT2D eigenvalue weighted by molar-refractivity contribution is 0.0976. The molecule has 0 spiro atoms. The van der Waals surface area contributed by atoms with E-state index < -0.39 is 5.91 Å². The molecule has 110 valence electrons. The number of aliphatic hydroxyl groups excluding tert-OH is 1. The summed E-state index contributed by atoms with van der Waals surface area (Å²) in [5.74, 6) is -1.31. The quantitative estimate of drug-likeness (QED) is 0.635. The van der Waals surface area contributed by atoms with E-state index in [1.54, 1.807) is 24.3 Å². The van der Waals surface area contributed by atoms with Crippen LogP contribution in [0.15, 0.2) is 42.5 Å². The van der Waals surface area contributed by atoms with Gasteiger partial charge in [0.1, 0.15) is 17.1 Å². The van der Waals surface area contributed by atoms with Crippen molar-refractivity contribution in [1.29, 1.82) is 0 Å². The second-order valence-corrected chi connectivity index (χ2v) is 4.41. The van der Waals surface area contributed by atoms with Crippen LogP contribution in [-0.2, 0) is 0 Å². The molecule has 0 bridgehead atoms. The van der Waals surface area contributed by atoms with Gasteiger partial charge in [-0.3, -0.25) is 4.79 Å². The van der Waals surface area contributed by atoms with Crippen molar-refractivity contribution in [1.82, 2.24) is 0 Å². The zero-order valence-electron chi connectivity index (χ0n) is 11.2. The Morgan fingerprint density at radius 3 is 2.24 bits per heavy atom. The summed E-state index contributed by atoms with van der Waals surface area (Å²) in [6.45, 7) is -0.296. The number of phenols is 2. The summed E-state index contributed by atoms with van der Waals surface area (Å²) in [5, 5.41) is 28.8. The van der Waals surface area contributed by atoms with Crippen LogP contribution >= 0.6 is 0 Å². The molecule has 2 rings (SSSR count). The number of benzene rings is 2. The number of nitrogen functional groups attached to an aromatic ring is 1. The number of nitrogens with zero attached hydrogens (tertiary/aromatic N) is 1. The van der Waals surface area contributed by atoms with Crippen molar-refractivity contribution in [2.45, 2.75) is 0 Å². The Bertz CT molecular complexity index is 638. The summed E-state index contributed by atoms with van der Waals surface area (Å²) >= 11 is 0. The molecule has 0 aliphatic rings. The number of aliphatic hydroxyl groups is 1. The summed E-state index contributed by atoms with van der Waals surface area (Å²) in [5.41, 5.74) is 6.37. The van der Waals surface area contributed by atoms with Crippen LogP contribution in [0.5, 0.6) is 11.5 Å². The van der Waals surface area contributed by atoms with Gasteiger partial charge in [-0.15, -0.1) is 0 Å². The molecule has 0 heterocycles. The Labute approximate surface area is 121 Å². The lowest BCUT2D eigenvalue weighted by atomic mass is 10.1. The number of hydrogen-bond acceptors (Lipinski definition) is 5. The van der Waals surface area contributed by atoms with Gasteiger partial charge in [-0.1, -0.05) is 18.2 Å². The normalized spacial score (nSPS) is 10.3. The number of para-hydroxylation sites is 2. The van der Waals surface area contributed by atoms with Gasteiger partial charge < -0.3 is 26.0 Å². The summed E-state index contributed by atoms with van der Waals surface area (Å²) in [6, 6.07) is 10.7. The summed E-state index contributed by atoms with van der Waals surface area (Å²) in [6.07, 6.45) is 0. The first-order valence-electron chi connectivity index (χ1n) is 6.34. The molecule has 2 aromatic rings. The van der Waals surface area contributed by atoms with E-state index in [0.717, 1.165) is 0 Å². The number of phenolic OH excluding ortho intramolecular Hbond substituents is 2. The van der Waals surface area contributed by atoms with Gasteiger partial charge in [0, 0.05) is 6.54 Å². The first-order valence-corrected chi connectivity index (χ1v) is 6.34. The van der Waals surface area contributed by atoms with Gasteiger partial charge in [-0.2, -0.15) is 0 Å². The minimum Gasteiger partial charge on any atom is -0.507 e. The largest absolute Gasteiger partial charge is 0.507 e. The summed E-state index contributed by atoms with van der Waals surface area (Å²) < 4.78 is 0. The second-order valence-electron chi connectivity index (χ2n) is 4.41. The third-order valence-corrected chi connectivity index (χ3v) is 3.03. The van der Waals surface area contributed by atoms with Crippen molar-refractivity contribution >= 4 is 17.3 Å². The molecule has 6 nitrogen and oxygen atoms in total. The van der Waals surface area contributed by atoms with Crippen molar-refractivity contribution in [2.24, 2.45) is 0 Å². The van der Waals surface area contributed by atoms with Crippen LogP contribution in [-0.4, -0.2) is 34.4 Å². The van der Waals surface area contributed by atoms with Gasteiger partial charge in [0.25, 0.3) is 5.91 Å². The number of hydrogen-bond donors (Lipinski definition) is 4. The maximum absolute atomic E-state index is 12.6. The molecule has 0 saturated carbocycles. The zero-order valence-corrected chi connectivity index (χ0v) is 11.2. The van der Waals surface area contributed by atoms with Gasteiger partial charge in [0.15, 0.2) is 0 Å². The number of amides is 1. The first-order chi connectivity index (χ1) is 10.1. The number of anilines is 2. The van der Waals surface area contributed by atoms with Crippen molar-refractivity contribution in [3.63, 3.8) is 0 Å². The molecule has 5 N–H and O–H groups in total. The topological polar surface area (TPSA) is 107 Å². The molecule has 6 heteroatoms. The summed E-state index contributed by atoms with van der Waals surface area (Å²) in [4.78, 5) is 13.8. The van der Waals surface area contributed by atoms with Gasteiger partial charge in [-0.05, 0) is 24.3 Å². The molecule has 21 heavy (non-hydrogen) atoms. The molecule has 0 radical (unpaired) electrons. The van der Waals surface area contributed by atoms with E-state index in [4.69, 9.17) is 10.8 Å². The Morgan fingerprint density at radius 2 is 1.67 bits per heavy atom. The Balaban J connectivity index is 2.48. The number of carbonyl (C=O) groups excluding carboxylic acids is 1. The maximum Gasteiger partial charge on any atom is 0.265 e. The van der Waals surface area contributed by atoms with E-state index in [1.165, 1.54) is 23.1 Å². The SMILES string of the molecule is Nc1ccccc1N(CCO)C(=O)c1c(O)cccc1O. The smallest absolute Gasteiger partial charge is 0.265 e. The zero-order chi connectivity index (χ0) is 15.4.